The third kappa shape index (κ3) is 1.94. The lowest BCUT2D eigenvalue weighted by Crippen LogP contribution is -2.53. The number of halogens is 1. The smallest absolute Gasteiger partial charge is 0.274 e. The third-order valence-corrected chi connectivity index (χ3v) is 3.91. The van der Waals surface area contributed by atoms with Crippen LogP contribution >= 0.6 is 0 Å². The Morgan fingerprint density at radius 1 is 1.37 bits per heavy atom. The summed E-state index contributed by atoms with van der Waals surface area (Å²) in [5, 5.41) is 3.29. The largest absolute Gasteiger partial charge is 0.314 e. The minimum Gasteiger partial charge on any atom is -0.314 e. The SMILES string of the molecule is CN1C(=O)C(c2ccc(F)cc2)=N[C@]12CCCNC2. The van der Waals surface area contributed by atoms with E-state index in [1.54, 1.807) is 24.1 Å². The molecule has 1 aromatic rings. The molecule has 1 atom stereocenters. The topological polar surface area (TPSA) is 44.7 Å². The van der Waals surface area contributed by atoms with E-state index < -0.39 is 5.66 Å². The second-order valence-electron chi connectivity index (χ2n) is 5.09. The van der Waals surface area contributed by atoms with Crippen LogP contribution in [0.3, 0.4) is 0 Å². The Labute approximate surface area is 111 Å². The Morgan fingerprint density at radius 2 is 2.11 bits per heavy atom. The van der Waals surface area contributed by atoms with Crippen molar-refractivity contribution in [3.63, 3.8) is 0 Å². The van der Waals surface area contributed by atoms with Crippen LogP contribution in [0.5, 0.6) is 0 Å². The molecule has 1 saturated heterocycles. The maximum Gasteiger partial charge on any atom is 0.274 e. The van der Waals surface area contributed by atoms with Crippen LogP contribution in [0.2, 0.25) is 0 Å². The molecule has 0 radical (unpaired) electrons. The summed E-state index contributed by atoms with van der Waals surface area (Å²) in [7, 11) is 1.79. The molecule has 0 aliphatic carbocycles. The number of piperidine rings is 1. The molecule has 0 bridgehead atoms. The summed E-state index contributed by atoms with van der Waals surface area (Å²) >= 11 is 0. The van der Waals surface area contributed by atoms with Crippen LogP contribution in [0.15, 0.2) is 29.3 Å². The van der Waals surface area contributed by atoms with Crippen molar-refractivity contribution in [2.24, 2.45) is 4.99 Å². The average Bonchev–Trinajstić information content (AvgIpc) is 2.67. The van der Waals surface area contributed by atoms with Crippen molar-refractivity contribution in [2.45, 2.75) is 18.5 Å². The summed E-state index contributed by atoms with van der Waals surface area (Å²) < 4.78 is 13.0. The van der Waals surface area contributed by atoms with Gasteiger partial charge in [0.25, 0.3) is 5.91 Å². The van der Waals surface area contributed by atoms with Crippen molar-refractivity contribution in [1.82, 2.24) is 10.2 Å². The molecular formula is C14H16FN3O. The van der Waals surface area contributed by atoms with Gasteiger partial charge < -0.3 is 10.2 Å². The van der Waals surface area contributed by atoms with Gasteiger partial charge in [0.1, 0.15) is 17.2 Å². The third-order valence-electron chi connectivity index (χ3n) is 3.91. The molecule has 2 aliphatic rings. The second kappa shape index (κ2) is 4.42. The van der Waals surface area contributed by atoms with Gasteiger partial charge in [-0.1, -0.05) is 0 Å². The highest BCUT2D eigenvalue weighted by Gasteiger charge is 2.45. The predicted molar refractivity (Wildman–Crippen MR) is 70.5 cm³/mol. The minimum atomic E-state index is -0.459. The van der Waals surface area contributed by atoms with Crippen LogP contribution in [0.1, 0.15) is 18.4 Å². The van der Waals surface area contributed by atoms with Gasteiger partial charge in [-0.25, -0.2) is 9.38 Å². The van der Waals surface area contributed by atoms with Gasteiger partial charge in [0.15, 0.2) is 0 Å². The summed E-state index contributed by atoms with van der Waals surface area (Å²) in [5.74, 6) is -0.396. The fourth-order valence-corrected chi connectivity index (χ4v) is 2.73. The summed E-state index contributed by atoms with van der Waals surface area (Å²) in [6.07, 6.45) is 1.87. The number of amides is 1. The first-order valence-electron chi connectivity index (χ1n) is 6.47. The molecule has 5 heteroatoms. The van der Waals surface area contributed by atoms with E-state index in [-0.39, 0.29) is 11.7 Å². The van der Waals surface area contributed by atoms with Gasteiger partial charge in [-0.3, -0.25) is 4.79 Å². The van der Waals surface area contributed by atoms with Crippen molar-refractivity contribution in [2.75, 3.05) is 20.1 Å². The van der Waals surface area contributed by atoms with Crippen LogP contribution < -0.4 is 5.32 Å². The van der Waals surface area contributed by atoms with Crippen LogP contribution in [0, 0.1) is 5.82 Å². The van der Waals surface area contributed by atoms with Crippen LogP contribution in [-0.2, 0) is 4.79 Å². The van der Waals surface area contributed by atoms with Gasteiger partial charge >= 0.3 is 0 Å². The van der Waals surface area contributed by atoms with Crippen LogP contribution in [0.25, 0.3) is 0 Å². The Hall–Kier alpha value is -1.75. The fourth-order valence-electron chi connectivity index (χ4n) is 2.73. The van der Waals surface area contributed by atoms with E-state index in [1.165, 1.54) is 12.1 Å². The molecule has 100 valence electrons. The first kappa shape index (κ1) is 12.3. The van der Waals surface area contributed by atoms with Crippen molar-refractivity contribution in [3.8, 4) is 0 Å². The van der Waals surface area contributed by atoms with Crippen molar-refractivity contribution in [3.05, 3.63) is 35.6 Å². The van der Waals surface area contributed by atoms with E-state index in [0.29, 0.717) is 17.8 Å². The summed E-state index contributed by atoms with van der Waals surface area (Å²) in [5.41, 5.74) is 0.658. The number of hydrogen-bond donors (Lipinski definition) is 1. The molecule has 19 heavy (non-hydrogen) atoms. The summed E-state index contributed by atoms with van der Waals surface area (Å²) in [6.45, 7) is 1.64. The number of carbonyl (C=O) groups excluding carboxylic acids is 1. The van der Waals surface area contributed by atoms with Gasteiger partial charge in [-0.2, -0.15) is 0 Å². The van der Waals surface area contributed by atoms with Gasteiger partial charge in [0.05, 0.1) is 0 Å². The first-order valence-corrected chi connectivity index (χ1v) is 6.47. The number of rotatable bonds is 1. The molecule has 2 heterocycles. The number of hydrogen-bond acceptors (Lipinski definition) is 3. The fraction of sp³-hybridized carbons (Fsp3) is 0.429. The van der Waals surface area contributed by atoms with E-state index in [9.17, 15) is 9.18 Å². The first-order chi connectivity index (χ1) is 9.12. The van der Waals surface area contributed by atoms with Crippen molar-refractivity contribution >= 4 is 11.6 Å². The molecule has 0 unspecified atom stereocenters. The Bertz CT molecular complexity index is 532. The average molecular weight is 261 g/mol. The highest BCUT2D eigenvalue weighted by atomic mass is 19.1. The molecule has 2 aliphatic heterocycles. The standard InChI is InChI=1S/C14H16FN3O/c1-18-13(19)12(10-3-5-11(15)6-4-10)17-14(18)7-2-8-16-9-14/h3-6,16H,2,7-9H2,1H3/t14-/m1/s1. The zero-order valence-corrected chi connectivity index (χ0v) is 10.8. The normalized spacial score (nSPS) is 26.9. The maximum absolute atomic E-state index is 13.0. The number of nitrogens with zero attached hydrogens (tertiary/aromatic N) is 2. The van der Waals surface area contributed by atoms with Crippen LogP contribution in [0.4, 0.5) is 4.39 Å². The van der Waals surface area contributed by atoms with Crippen molar-refractivity contribution in [1.29, 1.82) is 0 Å². The van der Waals surface area contributed by atoms with E-state index in [4.69, 9.17) is 0 Å². The Balaban J connectivity index is 1.99. The zero-order valence-electron chi connectivity index (χ0n) is 10.8. The molecule has 1 spiro atoms. The van der Waals surface area contributed by atoms with E-state index in [0.717, 1.165) is 19.4 Å². The zero-order chi connectivity index (χ0) is 13.5. The van der Waals surface area contributed by atoms with Crippen molar-refractivity contribution < 1.29 is 9.18 Å². The number of carbonyl (C=O) groups is 1. The van der Waals surface area contributed by atoms with Gasteiger partial charge in [0.2, 0.25) is 0 Å². The molecule has 1 N–H and O–H groups in total. The Morgan fingerprint density at radius 3 is 2.74 bits per heavy atom. The second-order valence-corrected chi connectivity index (χ2v) is 5.09. The molecular weight excluding hydrogens is 245 g/mol. The van der Waals surface area contributed by atoms with E-state index >= 15 is 0 Å². The number of nitrogens with one attached hydrogen (secondary N) is 1. The lowest BCUT2D eigenvalue weighted by molar-refractivity contribution is -0.126. The lowest BCUT2D eigenvalue weighted by atomic mass is 10.00. The lowest BCUT2D eigenvalue weighted by Gasteiger charge is -2.37. The molecule has 1 aromatic carbocycles. The van der Waals surface area contributed by atoms with Gasteiger partial charge in [0, 0.05) is 19.2 Å². The minimum absolute atomic E-state index is 0.0877. The highest BCUT2D eigenvalue weighted by molar-refractivity contribution is 6.46. The van der Waals surface area contributed by atoms with E-state index in [2.05, 4.69) is 10.3 Å². The number of aliphatic imine (C=N–C) groups is 1. The summed E-state index contributed by atoms with van der Waals surface area (Å²) in [6, 6.07) is 5.93. The monoisotopic (exact) mass is 261 g/mol. The molecule has 1 fully saturated rings. The molecule has 4 nitrogen and oxygen atoms in total. The van der Waals surface area contributed by atoms with Gasteiger partial charge in [-0.05, 0) is 43.7 Å². The maximum atomic E-state index is 13.0. The number of benzene rings is 1. The molecule has 3 rings (SSSR count). The quantitative estimate of drug-likeness (QED) is 0.824. The molecule has 1 amide bonds. The highest BCUT2D eigenvalue weighted by Crippen LogP contribution is 2.31. The number of likely N-dealkylation sites (N-methyl/N-ethyl adjacent to an activating group) is 1. The van der Waals surface area contributed by atoms with Gasteiger partial charge in [-0.15, -0.1) is 0 Å². The summed E-state index contributed by atoms with van der Waals surface area (Å²) in [4.78, 5) is 18.7. The predicted octanol–water partition coefficient (Wildman–Crippen LogP) is 1.17. The molecule has 0 saturated carbocycles. The molecule has 0 aromatic heterocycles. The van der Waals surface area contributed by atoms with Crippen LogP contribution in [-0.4, -0.2) is 42.3 Å². The Kier molecular flexibility index (Phi) is 2.86. The van der Waals surface area contributed by atoms with E-state index in [1.807, 2.05) is 0 Å².